The molecule has 0 aliphatic heterocycles. The molecule has 1 aromatic rings. The standard InChI is InChI=1S/C23H37N3O6/c1-3-12-24-19-10-8-18(9-11-19)22(28)25-13-6-5-7-20(23(29)30)26-21(27)17-32-16-15-31-14-4-2/h8-11,20,24H,3-7,12-17H2,1-2H3,(H,25,28)(H,26,27)(H,29,30)/t20-/m0/s1. The molecular formula is C23H37N3O6. The fourth-order valence-corrected chi connectivity index (χ4v) is 2.81. The van der Waals surface area contributed by atoms with Crippen LogP contribution in [0.15, 0.2) is 24.3 Å². The van der Waals surface area contributed by atoms with E-state index < -0.39 is 17.9 Å². The average molecular weight is 452 g/mol. The number of carbonyl (C=O) groups is 3. The molecule has 0 unspecified atom stereocenters. The normalized spacial score (nSPS) is 11.6. The van der Waals surface area contributed by atoms with Crippen molar-refractivity contribution in [2.45, 2.75) is 52.0 Å². The Kier molecular flexibility index (Phi) is 14.5. The number of unbranched alkanes of at least 4 members (excludes halogenated alkanes) is 1. The second-order valence-electron chi connectivity index (χ2n) is 7.38. The maximum absolute atomic E-state index is 12.2. The van der Waals surface area contributed by atoms with Gasteiger partial charge in [-0.3, -0.25) is 9.59 Å². The summed E-state index contributed by atoms with van der Waals surface area (Å²) in [4.78, 5) is 35.4. The number of carboxylic acid groups (broad SMARTS) is 1. The van der Waals surface area contributed by atoms with Crippen LogP contribution >= 0.6 is 0 Å². The van der Waals surface area contributed by atoms with Crippen LogP contribution in [-0.4, -0.2) is 68.4 Å². The Morgan fingerprint density at radius 1 is 0.938 bits per heavy atom. The molecule has 4 N–H and O–H groups in total. The zero-order valence-corrected chi connectivity index (χ0v) is 19.2. The monoisotopic (exact) mass is 451 g/mol. The van der Waals surface area contributed by atoms with Gasteiger partial charge in [0.2, 0.25) is 5.91 Å². The number of rotatable bonds is 18. The van der Waals surface area contributed by atoms with Gasteiger partial charge in [-0.25, -0.2) is 4.79 Å². The van der Waals surface area contributed by atoms with Crippen LogP contribution in [-0.2, 0) is 19.1 Å². The summed E-state index contributed by atoms with van der Waals surface area (Å²) in [6.07, 6.45) is 3.36. The Morgan fingerprint density at radius 3 is 2.31 bits per heavy atom. The minimum absolute atomic E-state index is 0.171. The Bertz CT molecular complexity index is 681. The lowest BCUT2D eigenvalue weighted by molar-refractivity contribution is -0.142. The molecule has 9 heteroatoms. The van der Waals surface area contributed by atoms with Crippen molar-refractivity contribution < 1.29 is 29.0 Å². The van der Waals surface area contributed by atoms with E-state index in [1.54, 1.807) is 12.1 Å². The van der Waals surface area contributed by atoms with Crippen LogP contribution in [0.3, 0.4) is 0 Å². The number of amides is 2. The van der Waals surface area contributed by atoms with E-state index >= 15 is 0 Å². The number of aliphatic carboxylic acids is 1. The van der Waals surface area contributed by atoms with Gasteiger partial charge < -0.3 is 30.5 Å². The Morgan fingerprint density at radius 2 is 1.66 bits per heavy atom. The van der Waals surface area contributed by atoms with Crippen molar-refractivity contribution >= 4 is 23.5 Å². The first-order chi connectivity index (χ1) is 15.5. The third-order valence-electron chi connectivity index (χ3n) is 4.52. The summed E-state index contributed by atoms with van der Waals surface area (Å²) < 4.78 is 10.4. The summed E-state index contributed by atoms with van der Waals surface area (Å²) in [7, 11) is 0. The van der Waals surface area contributed by atoms with Crippen molar-refractivity contribution in [1.82, 2.24) is 10.6 Å². The summed E-state index contributed by atoms with van der Waals surface area (Å²) in [5.74, 6) is -1.74. The highest BCUT2D eigenvalue weighted by Gasteiger charge is 2.19. The van der Waals surface area contributed by atoms with Crippen LogP contribution in [0.5, 0.6) is 0 Å². The molecule has 0 saturated heterocycles. The lowest BCUT2D eigenvalue weighted by atomic mass is 10.1. The van der Waals surface area contributed by atoms with Crippen molar-refractivity contribution in [1.29, 1.82) is 0 Å². The maximum Gasteiger partial charge on any atom is 0.326 e. The van der Waals surface area contributed by atoms with E-state index in [1.165, 1.54) is 0 Å². The topological polar surface area (TPSA) is 126 Å². The molecular weight excluding hydrogens is 414 g/mol. The van der Waals surface area contributed by atoms with Crippen LogP contribution in [0.25, 0.3) is 0 Å². The molecule has 1 rings (SSSR count). The number of hydrogen-bond donors (Lipinski definition) is 4. The lowest BCUT2D eigenvalue weighted by Crippen LogP contribution is -2.42. The SMILES string of the molecule is CCCNc1ccc(C(=O)NCCCC[C@H](NC(=O)COCCOCCC)C(=O)O)cc1. The van der Waals surface area contributed by atoms with Gasteiger partial charge >= 0.3 is 5.97 Å². The van der Waals surface area contributed by atoms with E-state index in [-0.39, 0.29) is 25.5 Å². The van der Waals surface area contributed by atoms with Gasteiger partial charge in [0.05, 0.1) is 13.2 Å². The Balaban J connectivity index is 2.23. The molecule has 0 aliphatic rings. The van der Waals surface area contributed by atoms with Gasteiger partial charge in [-0.2, -0.15) is 0 Å². The molecule has 32 heavy (non-hydrogen) atoms. The summed E-state index contributed by atoms with van der Waals surface area (Å²) in [5.41, 5.74) is 1.54. The number of ether oxygens (including phenoxy) is 2. The molecule has 0 radical (unpaired) electrons. The summed E-state index contributed by atoms with van der Waals surface area (Å²) in [5, 5.41) is 17.9. The number of carboxylic acids is 1. The van der Waals surface area contributed by atoms with Crippen LogP contribution in [0.4, 0.5) is 5.69 Å². The summed E-state index contributed by atoms with van der Waals surface area (Å²) in [6, 6.07) is 6.28. The highest BCUT2D eigenvalue weighted by Crippen LogP contribution is 2.09. The highest BCUT2D eigenvalue weighted by atomic mass is 16.5. The number of anilines is 1. The summed E-state index contributed by atoms with van der Waals surface area (Å²) >= 11 is 0. The molecule has 0 aromatic heterocycles. The fourth-order valence-electron chi connectivity index (χ4n) is 2.81. The van der Waals surface area contributed by atoms with Gasteiger partial charge in [0.1, 0.15) is 12.6 Å². The molecule has 9 nitrogen and oxygen atoms in total. The molecule has 0 aliphatic carbocycles. The average Bonchev–Trinajstić information content (AvgIpc) is 2.79. The Labute approximate surface area is 190 Å². The third kappa shape index (κ3) is 12.3. The van der Waals surface area contributed by atoms with Crippen LogP contribution in [0.1, 0.15) is 56.3 Å². The lowest BCUT2D eigenvalue weighted by Gasteiger charge is -2.15. The maximum atomic E-state index is 12.2. The summed E-state index contributed by atoms with van der Waals surface area (Å²) in [6.45, 7) is 6.50. The molecule has 1 aromatic carbocycles. The first-order valence-electron chi connectivity index (χ1n) is 11.3. The van der Waals surface area contributed by atoms with Gasteiger partial charge in [0.15, 0.2) is 0 Å². The largest absolute Gasteiger partial charge is 0.480 e. The van der Waals surface area contributed by atoms with Crippen LogP contribution in [0, 0.1) is 0 Å². The second-order valence-corrected chi connectivity index (χ2v) is 7.38. The van der Waals surface area contributed by atoms with Gasteiger partial charge in [-0.15, -0.1) is 0 Å². The molecule has 0 fully saturated rings. The number of hydrogen-bond acceptors (Lipinski definition) is 6. The molecule has 2 amide bonds. The van der Waals surface area contributed by atoms with E-state index in [9.17, 15) is 19.5 Å². The van der Waals surface area contributed by atoms with Crippen molar-refractivity contribution in [3.63, 3.8) is 0 Å². The van der Waals surface area contributed by atoms with E-state index in [1.807, 2.05) is 19.1 Å². The van der Waals surface area contributed by atoms with Crippen molar-refractivity contribution in [3.05, 3.63) is 29.8 Å². The smallest absolute Gasteiger partial charge is 0.326 e. The zero-order valence-electron chi connectivity index (χ0n) is 19.2. The molecule has 1 atom stereocenters. The predicted molar refractivity (Wildman–Crippen MR) is 123 cm³/mol. The predicted octanol–water partition coefficient (Wildman–Crippen LogP) is 2.42. The van der Waals surface area contributed by atoms with Gasteiger partial charge in [-0.05, 0) is 56.4 Å². The van der Waals surface area contributed by atoms with Gasteiger partial charge in [0, 0.05) is 30.9 Å². The van der Waals surface area contributed by atoms with Gasteiger partial charge in [0.25, 0.3) is 5.91 Å². The van der Waals surface area contributed by atoms with E-state index in [4.69, 9.17) is 9.47 Å². The van der Waals surface area contributed by atoms with E-state index in [2.05, 4.69) is 22.9 Å². The number of benzene rings is 1. The fraction of sp³-hybridized carbons (Fsp3) is 0.609. The van der Waals surface area contributed by atoms with Crippen molar-refractivity contribution in [3.8, 4) is 0 Å². The molecule has 0 saturated carbocycles. The van der Waals surface area contributed by atoms with E-state index in [0.717, 1.165) is 25.1 Å². The molecule has 0 spiro atoms. The van der Waals surface area contributed by atoms with Gasteiger partial charge in [-0.1, -0.05) is 13.8 Å². The van der Waals surface area contributed by atoms with E-state index in [0.29, 0.717) is 38.2 Å². The van der Waals surface area contributed by atoms with Crippen LogP contribution in [0.2, 0.25) is 0 Å². The third-order valence-corrected chi connectivity index (χ3v) is 4.52. The van der Waals surface area contributed by atoms with Crippen molar-refractivity contribution in [2.24, 2.45) is 0 Å². The Hall–Kier alpha value is -2.65. The minimum Gasteiger partial charge on any atom is -0.480 e. The molecule has 0 bridgehead atoms. The first-order valence-corrected chi connectivity index (χ1v) is 11.3. The molecule has 0 heterocycles. The molecule has 180 valence electrons. The quantitative estimate of drug-likeness (QED) is 0.253. The van der Waals surface area contributed by atoms with Crippen molar-refractivity contribution in [2.75, 3.05) is 44.8 Å². The minimum atomic E-state index is -1.09. The zero-order chi connectivity index (χ0) is 23.6. The number of nitrogens with one attached hydrogen (secondary N) is 3. The second kappa shape index (κ2) is 17.0. The first kappa shape index (κ1) is 27.4. The number of carbonyl (C=O) groups excluding carboxylic acids is 2. The van der Waals surface area contributed by atoms with Crippen LogP contribution < -0.4 is 16.0 Å². The highest BCUT2D eigenvalue weighted by molar-refractivity contribution is 5.94.